The second-order valence-electron chi connectivity index (χ2n) is 2.76. The third-order valence-corrected chi connectivity index (χ3v) is 4.35. The quantitative estimate of drug-likeness (QED) is 0.395. The molecule has 0 fully saturated rings. The summed E-state index contributed by atoms with van der Waals surface area (Å²) >= 11 is 9.22. The Kier molecular flexibility index (Phi) is 5.25. The second kappa shape index (κ2) is 5.97. The molecule has 1 atom stereocenters. The van der Waals surface area contributed by atoms with Gasteiger partial charge in [0.25, 0.3) is 5.56 Å². The standard InChI is InChI=1S/C8H10ClIN2OS/c1-5(2-3-9)14-8-6(10)7(13)11-4-12-8/h4-5H,2-3H2,1H3,(H,11,12,13). The zero-order chi connectivity index (χ0) is 10.6. The molecule has 0 bridgehead atoms. The van der Waals surface area contributed by atoms with Crippen LogP contribution in [0, 0.1) is 3.57 Å². The summed E-state index contributed by atoms with van der Waals surface area (Å²) in [7, 11) is 0. The monoisotopic (exact) mass is 344 g/mol. The highest BCUT2D eigenvalue weighted by Crippen LogP contribution is 2.25. The number of hydrogen-bond donors (Lipinski definition) is 1. The van der Waals surface area contributed by atoms with E-state index in [1.54, 1.807) is 11.8 Å². The van der Waals surface area contributed by atoms with Gasteiger partial charge in [-0.3, -0.25) is 4.79 Å². The molecule has 1 rings (SSSR count). The maximum absolute atomic E-state index is 11.2. The van der Waals surface area contributed by atoms with Crippen LogP contribution >= 0.6 is 46.0 Å². The molecular formula is C8H10ClIN2OS. The summed E-state index contributed by atoms with van der Waals surface area (Å²) in [6.45, 7) is 2.08. The van der Waals surface area contributed by atoms with E-state index in [2.05, 4.69) is 16.9 Å². The molecule has 0 aromatic carbocycles. The lowest BCUT2D eigenvalue weighted by Gasteiger charge is -2.08. The zero-order valence-electron chi connectivity index (χ0n) is 7.59. The first-order chi connectivity index (χ1) is 6.65. The Morgan fingerprint density at radius 3 is 3.14 bits per heavy atom. The number of nitrogens with zero attached hydrogens (tertiary/aromatic N) is 1. The molecule has 0 aliphatic heterocycles. The molecule has 0 aliphatic rings. The van der Waals surface area contributed by atoms with Crippen molar-refractivity contribution in [3.05, 3.63) is 20.3 Å². The molecule has 1 aromatic rings. The van der Waals surface area contributed by atoms with Crippen LogP contribution in [0.3, 0.4) is 0 Å². The van der Waals surface area contributed by atoms with Crippen molar-refractivity contribution in [1.29, 1.82) is 0 Å². The number of hydrogen-bond acceptors (Lipinski definition) is 3. The van der Waals surface area contributed by atoms with Crippen LogP contribution in [0.5, 0.6) is 0 Å². The van der Waals surface area contributed by atoms with Gasteiger partial charge in [-0.1, -0.05) is 6.92 Å². The van der Waals surface area contributed by atoms with Crippen molar-refractivity contribution in [2.45, 2.75) is 23.6 Å². The van der Waals surface area contributed by atoms with Gasteiger partial charge < -0.3 is 4.98 Å². The summed E-state index contributed by atoms with van der Waals surface area (Å²) in [6, 6.07) is 0. The lowest BCUT2D eigenvalue weighted by Crippen LogP contribution is -2.12. The number of halogens is 2. The van der Waals surface area contributed by atoms with Crippen molar-refractivity contribution in [1.82, 2.24) is 9.97 Å². The molecule has 78 valence electrons. The number of nitrogens with one attached hydrogen (secondary N) is 1. The van der Waals surface area contributed by atoms with Gasteiger partial charge in [-0.05, 0) is 29.0 Å². The summed E-state index contributed by atoms with van der Waals surface area (Å²) in [4.78, 5) is 17.9. The summed E-state index contributed by atoms with van der Waals surface area (Å²) in [5.41, 5.74) is -0.0822. The predicted octanol–water partition coefficient (Wildman–Crippen LogP) is 2.48. The molecule has 1 aromatic heterocycles. The van der Waals surface area contributed by atoms with E-state index in [1.165, 1.54) is 6.33 Å². The number of alkyl halides is 1. The van der Waals surface area contributed by atoms with Gasteiger partial charge in [0, 0.05) is 11.1 Å². The molecule has 0 spiro atoms. The molecule has 1 N–H and O–H groups in total. The van der Waals surface area contributed by atoms with E-state index in [1.807, 2.05) is 22.6 Å². The summed E-state index contributed by atoms with van der Waals surface area (Å²) in [5.74, 6) is 0.633. The first-order valence-corrected chi connectivity index (χ1v) is 6.60. The highest BCUT2D eigenvalue weighted by molar-refractivity contribution is 14.1. The normalized spacial score (nSPS) is 12.8. The molecule has 3 nitrogen and oxygen atoms in total. The maximum Gasteiger partial charge on any atom is 0.265 e. The van der Waals surface area contributed by atoms with Crippen LogP contribution in [-0.2, 0) is 0 Å². The van der Waals surface area contributed by atoms with Gasteiger partial charge in [0.1, 0.15) is 8.60 Å². The largest absolute Gasteiger partial charge is 0.312 e. The molecule has 14 heavy (non-hydrogen) atoms. The van der Waals surface area contributed by atoms with Crippen LogP contribution in [0.1, 0.15) is 13.3 Å². The minimum absolute atomic E-state index is 0.0822. The number of rotatable bonds is 4. The van der Waals surface area contributed by atoms with Crippen molar-refractivity contribution in [2.75, 3.05) is 5.88 Å². The summed E-state index contributed by atoms with van der Waals surface area (Å²) in [5, 5.41) is 1.17. The lowest BCUT2D eigenvalue weighted by molar-refractivity contribution is 0.899. The molecule has 1 unspecified atom stereocenters. The third kappa shape index (κ3) is 3.43. The molecule has 0 radical (unpaired) electrons. The van der Waals surface area contributed by atoms with Gasteiger partial charge >= 0.3 is 0 Å². The van der Waals surface area contributed by atoms with Crippen LogP contribution in [0.4, 0.5) is 0 Å². The Balaban J connectivity index is 2.76. The Bertz CT molecular complexity index is 357. The van der Waals surface area contributed by atoms with Crippen molar-refractivity contribution >= 4 is 46.0 Å². The molecule has 6 heteroatoms. The predicted molar refractivity (Wildman–Crippen MR) is 68.2 cm³/mol. The minimum atomic E-state index is -0.0822. The second-order valence-corrected chi connectivity index (χ2v) is 5.64. The Labute approximate surface area is 105 Å². The van der Waals surface area contributed by atoms with Crippen molar-refractivity contribution < 1.29 is 0 Å². The fourth-order valence-corrected chi connectivity index (χ4v) is 2.91. The van der Waals surface area contributed by atoms with Gasteiger partial charge in [-0.25, -0.2) is 4.98 Å². The fourth-order valence-electron chi connectivity index (χ4n) is 0.852. The summed E-state index contributed by atoms with van der Waals surface area (Å²) in [6.07, 6.45) is 2.34. The number of H-pyrrole nitrogens is 1. The van der Waals surface area contributed by atoms with E-state index < -0.39 is 0 Å². The van der Waals surface area contributed by atoms with Gasteiger partial charge in [-0.2, -0.15) is 0 Å². The van der Waals surface area contributed by atoms with E-state index in [-0.39, 0.29) is 5.56 Å². The highest BCUT2D eigenvalue weighted by Gasteiger charge is 2.10. The van der Waals surface area contributed by atoms with E-state index in [0.717, 1.165) is 11.4 Å². The molecule has 1 heterocycles. The number of aromatic nitrogens is 2. The third-order valence-electron chi connectivity index (χ3n) is 1.59. The van der Waals surface area contributed by atoms with E-state index in [9.17, 15) is 4.79 Å². The molecular weight excluding hydrogens is 335 g/mol. The highest BCUT2D eigenvalue weighted by atomic mass is 127. The average Bonchev–Trinajstić information content (AvgIpc) is 2.13. The van der Waals surface area contributed by atoms with Gasteiger partial charge in [0.05, 0.1) is 6.33 Å². The van der Waals surface area contributed by atoms with Gasteiger partial charge in [0.15, 0.2) is 0 Å². The number of aromatic amines is 1. The molecule has 0 saturated heterocycles. The van der Waals surface area contributed by atoms with Crippen LogP contribution < -0.4 is 5.56 Å². The van der Waals surface area contributed by atoms with Crippen LogP contribution in [0.15, 0.2) is 16.1 Å². The van der Waals surface area contributed by atoms with E-state index >= 15 is 0 Å². The smallest absolute Gasteiger partial charge is 0.265 e. The SMILES string of the molecule is CC(CCCl)Sc1nc[nH]c(=O)c1I. The Morgan fingerprint density at radius 1 is 1.79 bits per heavy atom. The molecule has 0 saturated carbocycles. The first kappa shape index (κ1) is 12.3. The first-order valence-electron chi connectivity index (χ1n) is 4.11. The maximum atomic E-state index is 11.2. The molecule has 0 aliphatic carbocycles. The van der Waals surface area contributed by atoms with Gasteiger partial charge in [-0.15, -0.1) is 23.4 Å². The van der Waals surface area contributed by atoms with Crippen LogP contribution in [0.2, 0.25) is 0 Å². The van der Waals surface area contributed by atoms with Crippen molar-refractivity contribution in [2.24, 2.45) is 0 Å². The minimum Gasteiger partial charge on any atom is -0.312 e. The Hall–Kier alpha value is 0.250. The topological polar surface area (TPSA) is 45.8 Å². The van der Waals surface area contributed by atoms with E-state index in [0.29, 0.717) is 14.7 Å². The van der Waals surface area contributed by atoms with Gasteiger partial charge in [0.2, 0.25) is 0 Å². The lowest BCUT2D eigenvalue weighted by atomic mass is 10.4. The number of thioether (sulfide) groups is 1. The zero-order valence-corrected chi connectivity index (χ0v) is 11.3. The molecule has 0 amide bonds. The van der Waals surface area contributed by atoms with Crippen molar-refractivity contribution in [3.8, 4) is 0 Å². The fraction of sp³-hybridized carbons (Fsp3) is 0.500. The van der Waals surface area contributed by atoms with Crippen molar-refractivity contribution in [3.63, 3.8) is 0 Å². The van der Waals surface area contributed by atoms with Crippen LogP contribution in [0.25, 0.3) is 0 Å². The van der Waals surface area contributed by atoms with E-state index in [4.69, 9.17) is 11.6 Å². The van der Waals surface area contributed by atoms with Crippen LogP contribution in [-0.4, -0.2) is 21.1 Å². The Morgan fingerprint density at radius 2 is 2.50 bits per heavy atom. The average molecular weight is 345 g/mol. The summed E-state index contributed by atoms with van der Waals surface area (Å²) < 4.78 is 0.650.